The Morgan fingerprint density at radius 2 is 2.00 bits per heavy atom. The number of fused-ring (bicyclic) bond motifs is 1. The standard InChI is InChI=1S/C25H41N5O2/c1-4-26-25(28-22-12-15-29(16-13-22)18-19-32-20(2)3)27-14-7-10-24(31)30-17-11-21-8-5-6-9-23(21)30/h5-6,8-9,20,22H,4,7,10-19H2,1-3H3,(H2,26,27,28). The lowest BCUT2D eigenvalue weighted by molar-refractivity contribution is -0.118. The number of benzene rings is 1. The number of ether oxygens (including phenoxy) is 1. The highest BCUT2D eigenvalue weighted by Crippen LogP contribution is 2.28. The fourth-order valence-electron chi connectivity index (χ4n) is 4.39. The normalized spacial score (nSPS) is 17.6. The molecule has 1 amide bonds. The molecular formula is C25H41N5O2. The van der Waals surface area contributed by atoms with Crippen LogP contribution in [-0.2, 0) is 16.0 Å². The van der Waals surface area contributed by atoms with Crippen LogP contribution in [0.1, 0.15) is 52.0 Å². The van der Waals surface area contributed by atoms with E-state index in [-0.39, 0.29) is 5.91 Å². The molecule has 0 radical (unpaired) electrons. The van der Waals surface area contributed by atoms with E-state index in [2.05, 4.69) is 42.4 Å². The van der Waals surface area contributed by atoms with Gasteiger partial charge >= 0.3 is 0 Å². The van der Waals surface area contributed by atoms with Crippen LogP contribution in [0.25, 0.3) is 0 Å². The maximum absolute atomic E-state index is 12.7. The highest BCUT2D eigenvalue weighted by Gasteiger charge is 2.23. The zero-order valence-electron chi connectivity index (χ0n) is 20.1. The molecule has 0 bridgehead atoms. The predicted molar refractivity (Wildman–Crippen MR) is 131 cm³/mol. The van der Waals surface area contributed by atoms with Crippen LogP contribution in [0.2, 0.25) is 0 Å². The average molecular weight is 444 g/mol. The number of aliphatic imine (C=N–C) groups is 1. The van der Waals surface area contributed by atoms with Crippen molar-refractivity contribution in [2.24, 2.45) is 4.99 Å². The largest absolute Gasteiger partial charge is 0.377 e. The van der Waals surface area contributed by atoms with Crippen molar-refractivity contribution in [3.63, 3.8) is 0 Å². The van der Waals surface area contributed by atoms with Crippen LogP contribution in [-0.4, -0.2) is 74.8 Å². The van der Waals surface area contributed by atoms with Crippen molar-refractivity contribution in [2.75, 3.05) is 50.8 Å². The fraction of sp³-hybridized carbons (Fsp3) is 0.680. The van der Waals surface area contributed by atoms with Crippen molar-refractivity contribution in [1.29, 1.82) is 0 Å². The van der Waals surface area contributed by atoms with Gasteiger partial charge in [-0.1, -0.05) is 18.2 Å². The molecule has 3 rings (SSSR count). The summed E-state index contributed by atoms with van der Waals surface area (Å²) in [4.78, 5) is 21.8. The quantitative estimate of drug-likeness (QED) is 0.331. The van der Waals surface area contributed by atoms with E-state index in [1.807, 2.05) is 23.1 Å². The lowest BCUT2D eigenvalue weighted by Gasteiger charge is -2.33. The Bertz CT molecular complexity index is 744. The second kappa shape index (κ2) is 12.8. The molecule has 0 unspecified atom stereocenters. The van der Waals surface area contributed by atoms with Gasteiger partial charge in [-0.05, 0) is 58.1 Å². The first-order chi connectivity index (χ1) is 15.6. The zero-order chi connectivity index (χ0) is 22.8. The number of likely N-dealkylation sites (tertiary alicyclic amines) is 1. The van der Waals surface area contributed by atoms with Crippen LogP contribution in [0.5, 0.6) is 0 Å². The molecule has 0 spiro atoms. The molecule has 0 aromatic heterocycles. The monoisotopic (exact) mass is 443 g/mol. The lowest BCUT2D eigenvalue weighted by Crippen LogP contribution is -2.49. The molecule has 0 saturated carbocycles. The summed E-state index contributed by atoms with van der Waals surface area (Å²) in [7, 11) is 0. The third-order valence-corrected chi connectivity index (χ3v) is 6.14. The number of nitrogens with one attached hydrogen (secondary N) is 2. The highest BCUT2D eigenvalue weighted by molar-refractivity contribution is 5.95. The topological polar surface area (TPSA) is 69.2 Å². The fourth-order valence-corrected chi connectivity index (χ4v) is 4.39. The Labute approximate surface area is 193 Å². The molecule has 1 aromatic rings. The summed E-state index contributed by atoms with van der Waals surface area (Å²) in [5.74, 6) is 1.07. The average Bonchev–Trinajstić information content (AvgIpc) is 3.22. The summed E-state index contributed by atoms with van der Waals surface area (Å²) < 4.78 is 5.68. The number of hydrogen-bond acceptors (Lipinski definition) is 4. The summed E-state index contributed by atoms with van der Waals surface area (Å²) in [6.07, 6.45) is 4.78. The van der Waals surface area contributed by atoms with E-state index in [4.69, 9.17) is 9.73 Å². The van der Waals surface area contributed by atoms with Crippen LogP contribution in [0, 0.1) is 0 Å². The van der Waals surface area contributed by atoms with E-state index >= 15 is 0 Å². The predicted octanol–water partition coefficient (Wildman–Crippen LogP) is 2.80. The second-order valence-corrected chi connectivity index (χ2v) is 8.97. The van der Waals surface area contributed by atoms with Crippen LogP contribution in [0.15, 0.2) is 29.3 Å². The summed E-state index contributed by atoms with van der Waals surface area (Å²) in [6.45, 7) is 12.5. The molecule has 32 heavy (non-hydrogen) atoms. The molecule has 1 saturated heterocycles. The van der Waals surface area contributed by atoms with Crippen LogP contribution >= 0.6 is 0 Å². The van der Waals surface area contributed by atoms with Crippen molar-refractivity contribution in [2.45, 2.75) is 65.0 Å². The van der Waals surface area contributed by atoms with E-state index in [0.717, 1.165) is 76.7 Å². The molecule has 2 heterocycles. The second-order valence-electron chi connectivity index (χ2n) is 8.97. The smallest absolute Gasteiger partial charge is 0.227 e. The Hall–Kier alpha value is -2.12. The molecule has 7 nitrogen and oxygen atoms in total. The van der Waals surface area contributed by atoms with E-state index < -0.39 is 0 Å². The van der Waals surface area contributed by atoms with Gasteiger partial charge in [0, 0.05) is 57.4 Å². The Morgan fingerprint density at radius 3 is 2.75 bits per heavy atom. The number of carbonyl (C=O) groups is 1. The molecule has 2 aliphatic rings. The molecule has 0 atom stereocenters. The van der Waals surface area contributed by atoms with Gasteiger partial charge in [0.05, 0.1) is 12.7 Å². The van der Waals surface area contributed by atoms with Gasteiger partial charge in [0.15, 0.2) is 5.96 Å². The van der Waals surface area contributed by atoms with Gasteiger partial charge in [-0.15, -0.1) is 0 Å². The maximum Gasteiger partial charge on any atom is 0.227 e. The zero-order valence-corrected chi connectivity index (χ0v) is 20.1. The molecule has 178 valence electrons. The number of para-hydroxylation sites is 1. The number of guanidine groups is 1. The first-order valence-electron chi connectivity index (χ1n) is 12.3. The van der Waals surface area contributed by atoms with Gasteiger partial charge in [0.25, 0.3) is 0 Å². The lowest BCUT2D eigenvalue weighted by atomic mass is 10.1. The van der Waals surface area contributed by atoms with E-state index in [1.165, 1.54) is 5.56 Å². The summed E-state index contributed by atoms with van der Waals surface area (Å²) in [6, 6.07) is 8.66. The van der Waals surface area contributed by atoms with Gasteiger partial charge in [-0.2, -0.15) is 0 Å². The number of anilines is 1. The van der Waals surface area contributed by atoms with Crippen LogP contribution < -0.4 is 15.5 Å². The maximum atomic E-state index is 12.7. The van der Waals surface area contributed by atoms with E-state index in [0.29, 0.717) is 25.1 Å². The first kappa shape index (κ1) is 24.5. The minimum absolute atomic E-state index is 0.205. The molecule has 7 heteroatoms. The number of piperidine rings is 1. The van der Waals surface area contributed by atoms with Gasteiger partial charge < -0.3 is 25.2 Å². The number of nitrogens with zero attached hydrogens (tertiary/aromatic N) is 3. The SMILES string of the molecule is CCNC(=NCCCC(=O)N1CCc2ccccc21)NC1CCN(CCOC(C)C)CC1. The Morgan fingerprint density at radius 1 is 1.22 bits per heavy atom. The highest BCUT2D eigenvalue weighted by atomic mass is 16.5. The summed E-state index contributed by atoms with van der Waals surface area (Å²) in [5, 5.41) is 6.95. The Kier molecular flexibility index (Phi) is 9.81. The third kappa shape index (κ3) is 7.48. The Balaban J connectivity index is 1.37. The van der Waals surface area contributed by atoms with Crippen molar-refractivity contribution >= 4 is 17.6 Å². The van der Waals surface area contributed by atoms with Crippen LogP contribution in [0.3, 0.4) is 0 Å². The molecular weight excluding hydrogens is 402 g/mol. The van der Waals surface area contributed by atoms with Gasteiger partial charge in [0.2, 0.25) is 5.91 Å². The molecule has 0 aliphatic carbocycles. The number of carbonyl (C=O) groups excluding carboxylic acids is 1. The van der Waals surface area contributed by atoms with Gasteiger partial charge in [-0.3, -0.25) is 9.79 Å². The van der Waals surface area contributed by atoms with Gasteiger partial charge in [0.1, 0.15) is 0 Å². The minimum atomic E-state index is 0.205. The minimum Gasteiger partial charge on any atom is -0.377 e. The van der Waals surface area contributed by atoms with Crippen LogP contribution in [0.4, 0.5) is 5.69 Å². The number of hydrogen-bond donors (Lipinski definition) is 2. The van der Waals surface area contributed by atoms with Crippen molar-refractivity contribution in [1.82, 2.24) is 15.5 Å². The molecule has 2 aliphatic heterocycles. The van der Waals surface area contributed by atoms with E-state index in [1.54, 1.807) is 0 Å². The molecule has 2 N–H and O–H groups in total. The van der Waals surface area contributed by atoms with Crippen molar-refractivity contribution < 1.29 is 9.53 Å². The first-order valence-corrected chi connectivity index (χ1v) is 12.3. The van der Waals surface area contributed by atoms with Crippen molar-refractivity contribution in [3.05, 3.63) is 29.8 Å². The summed E-state index contributed by atoms with van der Waals surface area (Å²) >= 11 is 0. The van der Waals surface area contributed by atoms with Crippen molar-refractivity contribution in [3.8, 4) is 0 Å². The number of amides is 1. The van der Waals surface area contributed by atoms with Gasteiger partial charge in [-0.25, -0.2) is 0 Å². The third-order valence-electron chi connectivity index (χ3n) is 6.14. The summed E-state index contributed by atoms with van der Waals surface area (Å²) in [5.41, 5.74) is 2.36. The van der Waals surface area contributed by atoms with E-state index in [9.17, 15) is 4.79 Å². The number of rotatable bonds is 10. The molecule has 1 fully saturated rings. The molecule has 1 aromatic carbocycles.